The second-order valence-electron chi connectivity index (χ2n) is 7.95. The second-order valence-corrected chi connectivity index (χ2v) is 7.95. The van der Waals surface area contributed by atoms with Gasteiger partial charge in [0.1, 0.15) is 5.82 Å². The van der Waals surface area contributed by atoms with Crippen molar-refractivity contribution in [2.75, 3.05) is 0 Å². The zero-order valence-corrected chi connectivity index (χ0v) is 18.6. The monoisotopic (exact) mass is 437 g/mol. The van der Waals surface area contributed by atoms with Crippen molar-refractivity contribution in [3.05, 3.63) is 119 Å². The standard InChI is InChI=1S/C28H27N3O2/c1-21-28(25-14-8-13-24(19-25)15-16-27(32)30-33)31(18-17-22-9-4-2-5-10-22)26(29-21)20-23-11-6-3-7-12-23/h2-16,19,33H,17-18,20H2,1H3,(H,30,32). The molecular formula is C28H27N3O2. The van der Waals surface area contributed by atoms with E-state index in [0.29, 0.717) is 0 Å². The number of carbonyl (C=O) groups is 1. The molecule has 166 valence electrons. The molecule has 3 aromatic carbocycles. The van der Waals surface area contributed by atoms with Gasteiger partial charge in [0.05, 0.1) is 11.4 Å². The molecule has 2 N–H and O–H groups in total. The van der Waals surface area contributed by atoms with Gasteiger partial charge in [0.15, 0.2) is 0 Å². The van der Waals surface area contributed by atoms with E-state index in [1.165, 1.54) is 17.2 Å². The number of amides is 1. The quantitative estimate of drug-likeness (QED) is 0.226. The van der Waals surface area contributed by atoms with Gasteiger partial charge in [0.25, 0.3) is 5.91 Å². The highest BCUT2D eigenvalue weighted by Crippen LogP contribution is 2.28. The number of carbonyl (C=O) groups excluding carboxylic acids is 1. The maximum absolute atomic E-state index is 11.4. The van der Waals surface area contributed by atoms with Gasteiger partial charge < -0.3 is 4.57 Å². The zero-order valence-electron chi connectivity index (χ0n) is 18.6. The van der Waals surface area contributed by atoms with E-state index in [-0.39, 0.29) is 0 Å². The topological polar surface area (TPSA) is 67.2 Å². The van der Waals surface area contributed by atoms with Gasteiger partial charge in [0, 0.05) is 24.6 Å². The van der Waals surface area contributed by atoms with Crippen LogP contribution in [0.25, 0.3) is 17.3 Å². The van der Waals surface area contributed by atoms with Gasteiger partial charge in [0.2, 0.25) is 0 Å². The summed E-state index contributed by atoms with van der Waals surface area (Å²) in [5.74, 6) is 0.472. The molecule has 0 bridgehead atoms. The Balaban J connectivity index is 1.72. The largest absolute Gasteiger partial charge is 0.327 e. The van der Waals surface area contributed by atoms with E-state index in [1.807, 2.05) is 37.3 Å². The number of nitrogens with zero attached hydrogens (tertiary/aromatic N) is 2. The minimum Gasteiger partial charge on any atom is -0.327 e. The third-order valence-corrected chi connectivity index (χ3v) is 5.59. The number of aryl methyl sites for hydroxylation is 2. The summed E-state index contributed by atoms with van der Waals surface area (Å²) in [6.07, 6.45) is 4.65. The first-order valence-corrected chi connectivity index (χ1v) is 11.0. The van der Waals surface area contributed by atoms with Gasteiger partial charge in [-0.2, -0.15) is 0 Å². The lowest BCUT2D eigenvalue weighted by molar-refractivity contribution is -0.124. The lowest BCUT2D eigenvalue weighted by atomic mass is 10.1. The minimum absolute atomic E-state index is 0.561. The Bertz CT molecular complexity index is 1240. The van der Waals surface area contributed by atoms with E-state index in [0.717, 1.165) is 47.7 Å². The van der Waals surface area contributed by atoms with Gasteiger partial charge in [-0.1, -0.05) is 78.9 Å². The summed E-state index contributed by atoms with van der Waals surface area (Å²) in [6, 6.07) is 28.9. The molecule has 4 aromatic rings. The average molecular weight is 438 g/mol. The van der Waals surface area contributed by atoms with E-state index in [4.69, 9.17) is 10.2 Å². The number of hydrogen-bond acceptors (Lipinski definition) is 3. The molecule has 0 unspecified atom stereocenters. The van der Waals surface area contributed by atoms with Crippen molar-refractivity contribution in [1.29, 1.82) is 0 Å². The first-order chi connectivity index (χ1) is 16.1. The van der Waals surface area contributed by atoms with Crippen molar-refractivity contribution >= 4 is 12.0 Å². The highest BCUT2D eigenvalue weighted by atomic mass is 16.5. The smallest absolute Gasteiger partial charge is 0.267 e. The average Bonchev–Trinajstić information content (AvgIpc) is 3.17. The molecule has 0 saturated heterocycles. The normalized spacial score (nSPS) is 11.1. The number of rotatable bonds is 8. The van der Waals surface area contributed by atoms with Crippen LogP contribution in [0, 0.1) is 6.92 Å². The Morgan fingerprint density at radius 3 is 2.36 bits per heavy atom. The molecule has 0 atom stereocenters. The van der Waals surface area contributed by atoms with Crippen LogP contribution in [0.15, 0.2) is 91.0 Å². The number of benzene rings is 3. The minimum atomic E-state index is -0.561. The summed E-state index contributed by atoms with van der Waals surface area (Å²) in [5.41, 5.74) is 8.10. The Hall–Kier alpha value is -3.96. The maximum atomic E-state index is 11.4. The fraction of sp³-hybridized carbons (Fsp3) is 0.143. The molecular weight excluding hydrogens is 410 g/mol. The van der Waals surface area contributed by atoms with E-state index in [9.17, 15) is 4.79 Å². The Labute approximate surface area is 194 Å². The fourth-order valence-corrected chi connectivity index (χ4v) is 4.03. The molecule has 1 amide bonds. The van der Waals surface area contributed by atoms with Crippen LogP contribution in [0.2, 0.25) is 0 Å². The number of imidazole rings is 1. The lowest BCUT2D eigenvalue weighted by Gasteiger charge is -2.14. The van der Waals surface area contributed by atoms with Gasteiger partial charge in [-0.3, -0.25) is 10.0 Å². The Morgan fingerprint density at radius 1 is 0.970 bits per heavy atom. The predicted molar refractivity (Wildman–Crippen MR) is 131 cm³/mol. The SMILES string of the molecule is Cc1nc(Cc2ccccc2)n(CCc2ccccc2)c1-c1cccc(C=CC(=O)NO)c1. The molecule has 0 aliphatic heterocycles. The third kappa shape index (κ3) is 5.64. The van der Waals surface area contributed by atoms with Crippen LogP contribution in [-0.2, 0) is 24.2 Å². The number of hydrogen-bond donors (Lipinski definition) is 2. The van der Waals surface area contributed by atoms with E-state index >= 15 is 0 Å². The van der Waals surface area contributed by atoms with Crippen LogP contribution in [0.4, 0.5) is 0 Å². The predicted octanol–water partition coefficient (Wildman–Crippen LogP) is 5.21. The van der Waals surface area contributed by atoms with Gasteiger partial charge in [-0.05, 0) is 42.2 Å². The molecule has 33 heavy (non-hydrogen) atoms. The molecule has 5 heteroatoms. The first-order valence-electron chi connectivity index (χ1n) is 11.0. The summed E-state index contributed by atoms with van der Waals surface area (Å²) in [6.45, 7) is 2.86. The summed E-state index contributed by atoms with van der Waals surface area (Å²) < 4.78 is 2.32. The molecule has 0 aliphatic rings. The van der Waals surface area contributed by atoms with E-state index < -0.39 is 5.91 Å². The van der Waals surface area contributed by atoms with Crippen molar-refractivity contribution in [2.24, 2.45) is 0 Å². The molecule has 5 nitrogen and oxygen atoms in total. The second kappa shape index (κ2) is 10.6. The summed E-state index contributed by atoms with van der Waals surface area (Å²) in [5, 5.41) is 8.73. The number of aromatic nitrogens is 2. The zero-order chi connectivity index (χ0) is 23.0. The van der Waals surface area contributed by atoms with Crippen LogP contribution in [0.5, 0.6) is 0 Å². The summed E-state index contributed by atoms with van der Waals surface area (Å²) in [4.78, 5) is 16.3. The van der Waals surface area contributed by atoms with Gasteiger partial charge in [-0.25, -0.2) is 10.5 Å². The highest BCUT2D eigenvalue weighted by molar-refractivity contribution is 5.91. The van der Waals surface area contributed by atoms with Crippen LogP contribution >= 0.6 is 0 Å². The summed E-state index contributed by atoms with van der Waals surface area (Å²) >= 11 is 0. The molecule has 0 fully saturated rings. The summed E-state index contributed by atoms with van der Waals surface area (Å²) in [7, 11) is 0. The highest BCUT2D eigenvalue weighted by Gasteiger charge is 2.17. The van der Waals surface area contributed by atoms with E-state index in [2.05, 4.69) is 59.2 Å². The third-order valence-electron chi connectivity index (χ3n) is 5.59. The van der Waals surface area contributed by atoms with Crippen LogP contribution in [-0.4, -0.2) is 20.7 Å². The van der Waals surface area contributed by atoms with Crippen LogP contribution < -0.4 is 5.48 Å². The van der Waals surface area contributed by atoms with Crippen LogP contribution in [0.1, 0.15) is 28.2 Å². The van der Waals surface area contributed by atoms with Crippen molar-refractivity contribution < 1.29 is 10.0 Å². The molecule has 1 heterocycles. The molecule has 0 spiro atoms. The van der Waals surface area contributed by atoms with E-state index in [1.54, 1.807) is 11.6 Å². The van der Waals surface area contributed by atoms with Crippen LogP contribution in [0.3, 0.4) is 0 Å². The molecule has 0 saturated carbocycles. The molecule has 4 rings (SSSR count). The molecule has 0 aliphatic carbocycles. The van der Waals surface area contributed by atoms with Crippen molar-refractivity contribution in [3.63, 3.8) is 0 Å². The van der Waals surface area contributed by atoms with Crippen molar-refractivity contribution in [2.45, 2.75) is 26.3 Å². The van der Waals surface area contributed by atoms with Gasteiger partial charge in [-0.15, -0.1) is 0 Å². The Morgan fingerprint density at radius 2 is 1.67 bits per heavy atom. The maximum Gasteiger partial charge on any atom is 0.267 e. The number of hydroxylamine groups is 1. The fourth-order valence-electron chi connectivity index (χ4n) is 4.03. The molecule has 1 aromatic heterocycles. The first kappa shape index (κ1) is 22.2. The number of nitrogens with one attached hydrogen (secondary N) is 1. The van der Waals surface area contributed by atoms with Crippen molar-refractivity contribution in [3.8, 4) is 11.3 Å². The Kier molecular flexibility index (Phi) is 7.12. The lowest BCUT2D eigenvalue weighted by Crippen LogP contribution is -2.14. The van der Waals surface area contributed by atoms with Crippen molar-refractivity contribution in [1.82, 2.24) is 15.0 Å². The molecule has 0 radical (unpaired) electrons. The van der Waals surface area contributed by atoms with Gasteiger partial charge >= 0.3 is 0 Å².